The number of nitro benzene ring substituents is 1. The fourth-order valence-electron chi connectivity index (χ4n) is 3.60. The first-order chi connectivity index (χ1) is 14.4. The zero-order valence-corrected chi connectivity index (χ0v) is 17.4. The standard InChI is InChI=1S/C21H26N4O5/c1-15(21(26)22-19-9-6-17(25(27)28)14-20(19)30-3)23-10-12-24(13-11-23)16-4-7-18(29-2)8-5-16/h4-9,14-15H,10-13H2,1-3H3,(H,22,26)/p+1/t15-/m0/s1. The summed E-state index contributed by atoms with van der Waals surface area (Å²) < 4.78 is 10.4. The maximum absolute atomic E-state index is 12.8. The number of ether oxygens (including phenoxy) is 2. The average molecular weight is 415 g/mol. The van der Waals surface area contributed by atoms with Crippen LogP contribution in [0.4, 0.5) is 17.1 Å². The number of rotatable bonds is 7. The molecule has 1 aliphatic rings. The van der Waals surface area contributed by atoms with E-state index in [2.05, 4.69) is 10.2 Å². The number of benzene rings is 2. The smallest absolute Gasteiger partial charge is 0.282 e. The van der Waals surface area contributed by atoms with E-state index in [0.29, 0.717) is 5.69 Å². The van der Waals surface area contributed by atoms with E-state index in [1.807, 2.05) is 31.2 Å². The molecule has 1 aliphatic heterocycles. The Balaban J connectivity index is 1.58. The molecule has 0 spiro atoms. The van der Waals surface area contributed by atoms with Gasteiger partial charge in [0.2, 0.25) is 0 Å². The number of nitrogens with zero attached hydrogens (tertiary/aromatic N) is 2. The van der Waals surface area contributed by atoms with Gasteiger partial charge in [0.25, 0.3) is 11.6 Å². The molecule has 1 heterocycles. The Morgan fingerprint density at radius 3 is 2.37 bits per heavy atom. The highest BCUT2D eigenvalue weighted by atomic mass is 16.6. The van der Waals surface area contributed by atoms with Crippen molar-refractivity contribution in [3.05, 3.63) is 52.6 Å². The van der Waals surface area contributed by atoms with Gasteiger partial charge in [-0.1, -0.05) is 0 Å². The fourth-order valence-corrected chi connectivity index (χ4v) is 3.60. The third-order valence-corrected chi connectivity index (χ3v) is 5.50. The first kappa shape index (κ1) is 21.4. The van der Waals surface area contributed by atoms with Gasteiger partial charge in [-0.2, -0.15) is 0 Å². The Kier molecular flexibility index (Phi) is 6.73. The summed E-state index contributed by atoms with van der Waals surface area (Å²) in [7, 11) is 3.07. The van der Waals surface area contributed by atoms with E-state index in [1.54, 1.807) is 7.11 Å². The summed E-state index contributed by atoms with van der Waals surface area (Å²) >= 11 is 0. The molecule has 160 valence electrons. The quantitative estimate of drug-likeness (QED) is 0.523. The number of amides is 1. The molecule has 1 amide bonds. The SMILES string of the molecule is COc1ccc(N2CC[NH+]([C@@H](C)C(=O)Nc3ccc([N+](=O)[O-])cc3OC)CC2)cc1. The topological polar surface area (TPSA) is 98.4 Å². The first-order valence-corrected chi connectivity index (χ1v) is 9.79. The van der Waals surface area contributed by atoms with Gasteiger partial charge in [0.15, 0.2) is 6.04 Å². The van der Waals surface area contributed by atoms with E-state index in [4.69, 9.17) is 9.47 Å². The van der Waals surface area contributed by atoms with Crippen molar-refractivity contribution in [2.45, 2.75) is 13.0 Å². The number of hydrogen-bond acceptors (Lipinski definition) is 6. The maximum atomic E-state index is 12.8. The summed E-state index contributed by atoms with van der Waals surface area (Å²) in [6.07, 6.45) is 0. The van der Waals surface area contributed by atoms with Gasteiger partial charge in [-0.3, -0.25) is 14.9 Å². The summed E-state index contributed by atoms with van der Waals surface area (Å²) in [4.78, 5) is 26.7. The second-order valence-electron chi connectivity index (χ2n) is 7.20. The summed E-state index contributed by atoms with van der Waals surface area (Å²) in [6, 6.07) is 11.9. The van der Waals surface area contributed by atoms with Crippen LogP contribution in [0, 0.1) is 10.1 Å². The summed E-state index contributed by atoms with van der Waals surface area (Å²) in [5, 5.41) is 13.8. The maximum Gasteiger partial charge on any atom is 0.282 e. The number of methoxy groups -OCH3 is 2. The third-order valence-electron chi connectivity index (χ3n) is 5.50. The van der Waals surface area contributed by atoms with E-state index in [0.717, 1.165) is 37.6 Å². The van der Waals surface area contributed by atoms with E-state index >= 15 is 0 Å². The summed E-state index contributed by atoms with van der Waals surface area (Å²) in [5.74, 6) is 0.953. The lowest BCUT2D eigenvalue weighted by atomic mass is 10.2. The summed E-state index contributed by atoms with van der Waals surface area (Å²) in [5.41, 5.74) is 1.48. The second-order valence-corrected chi connectivity index (χ2v) is 7.20. The van der Waals surface area contributed by atoms with Crippen LogP contribution in [0.25, 0.3) is 0 Å². The minimum Gasteiger partial charge on any atom is -0.497 e. The Bertz CT molecular complexity index is 895. The Hall–Kier alpha value is -3.33. The van der Waals surface area contributed by atoms with Crippen molar-refractivity contribution in [3.8, 4) is 11.5 Å². The van der Waals surface area contributed by atoms with Crippen molar-refractivity contribution in [2.24, 2.45) is 0 Å². The molecule has 0 bridgehead atoms. The first-order valence-electron chi connectivity index (χ1n) is 9.79. The Morgan fingerprint density at radius 2 is 1.80 bits per heavy atom. The second kappa shape index (κ2) is 9.45. The number of non-ortho nitro benzene ring substituents is 1. The number of piperazine rings is 1. The highest BCUT2D eigenvalue weighted by molar-refractivity contribution is 5.95. The molecule has 2 aromatic rings. The number of anilines is 2. The highest BCUT2D eigenvalue weighted by Gasteiger charge is 2.30. The van der Waals surface area contributed by atoms with E-state index in [1.165, 1.54) is 30.2 Å². The van der Waals surface area contributed by atoms with Gasteiger partial charge in [0.1, 0.15) is 11.5 Å². The lowest BCUT2D eigenvalue weighted by Crippen LogP contribution is -3.19. The van der Waals surface area contributed by atoms with Crippen molar-refractivity contribution < 1.29 is 24.1 Å². The Labute approximate surface area is 175 Å². The van der Waals surface area contributed by atoms with Crippen molar-refractivity contribution in [1.29, 1.82) is 0 Å². The number of carbonyl (C=O) groups is 1. The van der Waals surface area contributed by atoms with Gasteiger partial charge >= 0.3 is 0 Å². The van der Waals surface area contributed by atoms with Crippen LogP contribution < -0.4 is 24.6 Å². The van der Waals surface area contributed by atoms with Crippen LogP contribution in [0.15, 0.2) is 42.5 Å². The molecule has 1 saturated heterocycles. The van der Waals surface area contributed by atoms with Gasteiger partial charge in [0, 0.05) is 11.8 Å². The Morgan fingerprint density at radius 1 is 1.13 bits per heavy atom. The molecule has 2 N–H and O–H groups in total. The number of hydrogen-bond donors (Lipinski definition) is 2. The number of nitro groups is 1. The lowest BCUT2D eigenvalue weighted by Gasteiger charge is -2.36. The minimum absolute atomic E-state index is 0.0850. The number of nitrogens with one attached hydrogen (secondary N) is 2. The normalized spacial score (nSPS) is 15.4. The monoisotopic (exact) mass is 415 g/mol. The van der Waals surface area contributed by atoms with Crippen LogP contribution >= 0.6 is 0 Å². The van der Waals surface area contributed by atoms with Crippen molar-refractivity contribution in [1.82, 2.24) is 0 Å². The largest absolute Gasteiger partial charge is 0.497 e. The zero-order chi connectivity index (χ0) is 21.7. The molecule has 0 saturated carbocycles. The molecule has 0 aliphatic carbocycles. The van der Waals surface area contributed by atoms with Crippen LogP contribution in [0.3, 0.4) is 0 Å². The van der Waals surface area contributed by atoms with Crippen LogP contribution in [-0.4, -0.2) is 57.3 Å². The molecule has 30 heavy (non-hydrogen) atoms. The van der Waals surface area contributed by atoms with Gasteiger partial charge in [-0.15, -0.1) is 0 Å². The number of quaternary nitrogens is 1. The van der Waals surface area contributed by atoms with Crippen LogP contribution in [-0.2, 0) is 4.79 Å². The third kappa shape index (κ3) is 4.80. The van der Waals surface area contributed by atoms with Crippen LogP contribution in [0.1, 0.15) is 6.92 Å². The van der Waals surface area contributed by atoms with E-state index in [-0.39, 0.29) is 23.4 Å². The van der Waals surface area contributed by atoms with E-state index < -0.39 is 4.92 Å². The molecule has 3 rings (SSSR count). The molecule has 0 unspecified atom stereocenters. The van der Waals surface area contributed by atoms with Gasteiger partial charge in [0.05, 0.1) is 57.1 Å². The molecule has 2 aromatic carbocycles. The molecule has 9 heteroatoms. The fraction of sp³-hybridized carbons (Fsp3) is 0.381. The lowest BCUT2D eigenvalue weighted by molar-refractivity contribution is -0.914. The van der Waals surface area contributed by atoms with Crippen LogP contribution in [0.5, 0.6) is 11.5 Å². The molecule has 1 atom stereocenters. The van der Waals surface area contributed by atoms with Gasteiger partial charge in [-0.25, -0.2) is 0 Å². The predicted octanol–water partition coefficient (Wildman–Crippen LogP) is 1.34. The van der Waals surface area contributed by atoms with E-state index in [9.17, 15) is 14.9 Å². The van der Waals surface area contributed by atoms with Gasteiger partial charge in [-0.05, 0) is 37.3 Å². The van der Waals surface area contributed by atoms with Gasteiger partial charge < -0.3 is 24.6 Å². The zero-order valence-electron chi connectivity index (χ0n) is 17.4. The molecular weight excluding hydrogens is 388 g/mol. The van der Waals surface area contributed by atoms with Crippen molar-refractivity contribution >= 4 is 23.0 Å². The molecule has 1 fully saturated rings. The molecule has 9 nitrogen and oxygen atoms in total. The minimum atomic E-state index is -0.497. The van der Waals surface area contributed by atoms with Crippen molar-refractivity contribution in [3.63, 3.8) is 0 Å². The molecular formula is C21H27N4O5+. The van der Waals surface area contributed by atoms with Crippen LogP contribution in [0.2, 0.25) is 0 Å². The number of carbonyl (C=O) groups excluding carboxylic acids is 1. The molecule has 0 aromatic heterocycles. The highest BCUT2D eigenvalue weighted by Crippen LogP contribution is 2.29. The molecule has 0 radical (unpaired) electrons. The van der Waals surface area contributed by atoms with Crippen molar-refractivity contribution in [2.75, 3.05) is 50.6 Å². The summed E-state index contributed by atoms with van der Waals surface area (Å²) in [6.45, 7) is 5.25. The predicted molar refractivity (Wildman–Crippen MR) is 114 cm³/mol. The average Bonchev–Trinajstić information content (AvgIpc) is 2.78.